The molecule has 6 atom stereocenters. The van der Waals surface area contributed by atoms with Crippen molar-refractivity contribution in [2.24, 2.45) is 0 Å². The topological polar surface area (TPSA) is 148 Å². The molecule has 0 aromatic heterocycles. The number of ether oxygens (including phenoxy) is 7. The van der Waals surface area contributed by atoms with E-state index in [4.69, 9.17) is 38.3 Å². The minimum absolute atomic E-state index is 0.0860. The lowest BCUT2D eigenvalue weighted by Gasteiger charge is -2.48. The Morgan fingerprint density at radius 2 is 1.64 bits per heavy atom. The number of aliphatic carboxylic acids is 1. The molecule has 238 valence electrons. The van der Waals surface area contributed by atoms with Gasteiger partial charge in [0.25, 0.3) is 5.91 Å². The molecular weight excluding hydrogens is 574 g/mol. The van der Waals surface area contributed by atoms with Gasteiger partial charge in [0, 0.05) is 17.5 Å². The highest BCUT2D eigenvalue weighted by molar-refractivity contribution is 5.97. The molecule has 44 heavy (non-hydrogen) atoms. The standard InChI is InChI=1S/C32H39NO11/c1-6-38-29(37)21(15-16-24(34)35)33-28(36)19-13-11-18(12-14-19)20-9-7-8-10-22(20)40-30-27-26(43-32(4,5)44-27)25-23(41-30)17-39-31(2,3)42-25/h7-14,21,23,25-27,30H,6,15-17H2,1-5H3,(H,33,36)(H,34,35)/t21?,23-,25-,26+,27+,30+/m1/s1. The summed E-state index contributed by atoms with van der Waals surface area (Å²) in [5.74, 6) is -3.40. The minimum Gasteiger partial charge on any atom is -0.481 e. The Hall–Kier alpha value is -3.55. The summed E-state index contributed by atoms with van der Waals surface area (Å²) in [5.41, 5.74) is 1.81. The lowest BCUT2D eigenvalue weighted by atomic mass is 9.97. The SMILES string of the molecule is CCOC(=O)C(CCC(=O)O)NC(=O)c1ccc(-c2ccccc2O[C@H]2O[C@@H]3COC(C)(C)O[C@H]3[C@@H]3OC(C)(C)O[C@H]23)cc1. The zero-order valence-corrected chi connectivity index (χ0v) is 25.4. The molecule has 3 heterocycles. The van der Waals surface area contributed by atoms with Crippen LogP contribution in [-0.4, -0.2) is 84.5 Å². The zero-order chi connectivity index (χ0) is 31.6. The van der Waals surface area contributed by atoms with Crippen LogP contribution in [0.5, 0.6) is 5.75 Å². The molecule has 1 amide bonds. The molecular formula is C32H39NO11. The monoisotopic (exact) mass is 613 g/mol. The largest absolute Gasteiger partial charge is 0.481 e. The summed E-state index contributed by atoms with van der Waals surface area (Å²) in [5, 5.41) is 11.6. The second kappa shape index (κ2) is 12.8. The van der Waals surface area contributed by atoms with E-state index in [-0.39, 0.29) is 19.4 Å². The molecule has 5 rings (SSSR count). The number of carboxylic acids is 1. The molecule has 3 saturated heterocycles. The van der Waals surface area contributed by atoms with Gasteiger partial charge in [-0.05, 0) is 64.8 Å². The van der Waals surface area contributed by atoms with Gasteiger partial charge in [-0.1, -0.05) is 30.3 Å². The van der Waals surface area contributed by atoms with Crippen LogP contribution in [-0.2, 0) is 38.0 Å². The first-order valence-electron chi connectivity index (χ1n) is 14.7. The summed E-state index contributed by atoms with van der Waals surface area (Å²) in [7, 11) is 0. The molecule has 0 bridgehead atoms. The van der Waals surface area contributed by atoms with Crippen molar-refractivity contribution in [2.75, 3.05) is 13.2 Å². The number of hydrogen-bond acceptors (Lipinski definition) is 10. The fourth-order valence-electron chi connectivity index (χ4n) is 5.57. The van der Waals surface area contributed by atoms with Crippen LogP contribution < -0.4 is 10.1 Å². The third-order valence-corrected chi connectivity index (χ3v) is 7.56. The average molecular weight is 614 g/mol. The number of carbonyl (C=O) groups excluding carboxylic acids is 2. The lowest BCUT2D eigenvalue weighted by molar-refractivity contribution is -0.362. The van der Waals surface area contributed by atoms with Gasteiger partial charge in [0.2, 0.25) is 6.29 Å². The number of carbonyl (C=O) groups is 3. The van der Waals surface area contributed by atoms with E-state index >= 15 is 0 Å². The van der Waals surface area contributed by atoms with Gasteiger partial charge < -0.3 is 43.6 Å². The van der Waals surface area contributed by atoms with Gasteiger partial charge in [0.15, 0.2) is 17.7 Å². The van der Waals surface area contributed by atoms with E-state index < -0.39 is 66.2 Å². The highest BCUT2D eigenvalue weighted by atomic mass is 16.8. The van der Waals surface area contributed by atoms with Crippen molar-refractivity contribution in [1.82, 2.24) is 5.32 Å². The van der Waals surface area contributed by atoms with Crippen LogP contribution in [0.3, 0.4) is 0 Å². The summed E-state index contributed by atoms with van der Waals surface area (Å²) in [6, 6.07) is 13.1. The van der Waals surface area contributed by atoms with Crippen molar-refractivity contribution in [3.8, 4) is 16.9 Å². The number of amides is 1. The van der Waals surface area contributed by atoms with E-state index in [1.165, 1.54) is 0 Å². The normalized spacial score (nSPS) is 27.3. The van der Waals surface area contributed by atoms with Crippen molar-refractivity contribution < 1.29 is 52.6 Å². The summed E-state index contributed by atoms with van der Waals surface area (Å²) in [6.07, 6.45) is -3.01. The Bertz CT molecular complexity index is 1360. The van der Waals surface area contributed by atoms with E-state index in [2.05, 4.69) is 5.32 Å². The lowest BCUT2D eigenvalue weighted by Crippen LogP contribution is -2.64. The maximum Gasteiger partial charge on any atom is 0.328 e. The van der Waals surface area contributed by atoms with Gasteiger partial charge in [0.1, 0.15) is 30.1 Å². The summed E-state index contributed by atoms with van der Waals surface area (Å²) >= 11 is 0. The van der Waals surface area contributed by atoms with Gasteiger partial charge in [-0.15, -0.1) is 0 Å². The number of nitrogens with one attached hydrogen (secondary N) is 1. The molecule has 12 nitrogen and oxygen atoms in total. The van der Waals surface area contributed by atoms with Crippen molar-refractivity contribution in [3.05, 3.63) is 54.1 Å². The highest BCUT2D eigenvalue weighted by Crippen LogP contribution is 2.43. The molecule has 2 N–H and O–H groups in total. The molecule has 3 fully saturated rings. The molecule has 3 aliphatic rings. The highest BCUT2D eigenvalue weighted by Gasteiger charge is 2.59. The van der Waals surface area contributed by atoms with E-state index in [9.17, 15) is 14.4 Å². The molecule has 3 aliphatic heterocycles. The predicted octanol–water partition coefficient (Wildman–Crippen LogP) is 3.66. The third-order valence-electron chi connectivity index (χ3n) is 7.56. The molecule has 2 aromatic rings. The first-order valence-corrected chi connectivity index (χ1v) is 14.7. The fraction of sp³-hybridized carbons (Fsp3) is 0.531. The van der Waals surface area contributed by atoms with Crippen LogP contribution in [0.1, 0.15) is 57.8 Å². The van der Waals surface area contributed by atoms with Crippen LogP contribution in [0, 0.1) is 0 Å². The number of carboxylic acid groups (broad SMARTS) is 1. The number of benzene rings is 2. The van der Waals surface area contributed by atoms with Crippen molar-refractivity contribution in [3.63, 3.8) is 0 Å². The van der Waals surface area contributed by atoms with Gasteiger partial charge in [-0.2, -0.15) is 0 Å². The van der Waals surface area contributed by atoms with Crippen LogP contribution in [0.25, 0.3) is 11.1 Å². The number of esters is 1. The molecule has 0 aliphatic carbocycles. The number of fused-ring (bicyclic) bond motifs is 3. The molecule has 0 saturated carbocycles. The first kappa shape index (κ1) is 31.9. The molecule has 0 spiro atoms. The van der Waals surface area contributed by atoms with Crippen LogP contribution in [0.4, 0.5) is 0 Å². The molecule has 0 radical (unpaired) electrons. The second-order valence-electron chi connectivity index (χ2n) is 11.8. The molecule has 2 aromatic carbocycles. The van der Waals surface area contributed by atoms with E-state index in [1.807, 2.05) is 52.0 Å². The van der Waals surface area contributed by atoms with Crippen molar-refractivity contribution in [1.29, 1.82) is 0 Å². The number of rotatable bonds is 10. The minimum atomic E-state index is -1.08. The Kier molecular flexibility index (Phi) is 9.28. The Labute approximate surface area is 255 Å². The van der Waals surface area contributed by atoms with Crippen LogP contribution in [0.15, 0.2) is 48.5 Å². The van der Waals surface area contributed by atoms with Gasteiger partial charge in [-0.25, -0.2) is 4.79 Å². The maximum absolute atomic E-state index is 12.9. The van der Waals surface area contributed by atoms with E-state index in [1.54, 1.807) is 31.2 Å². The number of hydrogen-bond donors (Lipinski definition) is 2. The van der Waals surface area contributed by atoms with E-state index in [0.717, 1.165) is 11.1 Å². The zero-order valence-electron chi connectivity index (χ0n) is 25.4. The van der Waals surface area contributed by atoms with Gasteiger partial charge >= 0.3 is 11.9 Å². The quantitative estimate of drug-likeness (QED) is 0.378. The predicted molar refractivity (Wildman–Crippen MR) is 155 cm³/mol. The summed E-state index contributed by atoms with van der Waals surface area (Å²) < 4.78 is 42.3. The Morgan fingerprint density at radius 1 is 0.955 bits per heavy atom. The maximum atomic E-state index is 12.9. The fourth-order valence-corrected chi connectivity index (χ4v) is 5.57. The van der Waals surface area contributed by atoms with E-state index in [0.29, 0.717) is 17.9 Å². The van der Waals surface area contributed by atoms with Gasteiger partial charge in [0.05, 0.1) is 13.2 Å². The summed E-state index contributed by atoms with van der Waals surface area (Å²) in [4.78, 5) is 36.3. The third kappa shape index (κ3) is 7.22. The van der Waals surface area contributed by atoms with Crippen molar-refractivity contribution in [2.45, 2.75) is 95.8 Å². The smallest absolute Gasteiger partial charge is 0.328 e. The second-order valence-corrected chi connectivity index (χ2v) is 11.8. The van der Waals surface area contributed by atoms with Crippen LogP contribution >= 0.6 is 0 Å². The van der Waals surface area contributed by atoms with Crippen molar-refractivity contribution >= 4 is 17.8 Å². The van der Waals surface area contributed by atoms with Crippen LogP contribution in [0.2, 0.25) is 0 Å². The first-order chi connectivity index (χ1) is 20.9. The Balaban J connectivity index is 1.32. The van der Waals surface area contributed by atoms with Gasteiger partial charge in [-0.3, -0.25) is 9.59 Å². The molecule has 12 heteroatoms. The molecule has 1 unspecified atom stereocenters. The summed E-state index contributed by atoms with van der Waals surface area (Å²) in [6.45, 7) is 9.45. The Morgan fingerprint density at radius 3 is 2.34 bits per heavy atom. The average Bonchev–Trinajstić information content (AvgIpc) is 3.31. The number of para-hydroxylation sites is 1.